The van der Waals surface area contributed by atoms with Crippen LogP contribution in [0.3, 0.4) is 0 Å². The van der Waals surface area contributed by atoms with E-state index >= 15 is 0 Å². The van der Waals surface area contributed by atoms with Gasteiger partial charge >= 0.3 is 0 Å². The Labute approximate surface area is 99.2 Å². The molecule has 2 heteroatoms. The van der Waals surface area contributed by atoms with Crippen LogP contribution in [0.2, 0.25) is 0 Å². The van der Waals surface area contributed by atoms with E-state index in [1.54, 1.807) is 6.92 Å². The Balaban J connectivity index is 2.31. The van der Waals surface area contributed by atoms with Gasteiger partial charge in [0.1, 0.15) is 0 Å². The van der Waals surface area contributed by atoms with Gasteiger partial charge in [0, 0.05) is 12.5 Å². The lowest BCUT2D eigenvalue weighted by atomic mass is 9.59. The predicted octanol–water partition coefficient (Wildman–Crippen LogP) is 2.83. The van der Waals surface area contributed by atoms with Crippen LogP contribution in [0.5, 0.6) is 0 Å². The van der Waals surface area contributed by atoms with Crippen LogP contribution in [0.4, 0.5) is 0 Å². The third-order valence-electron chi connectivity index (χ3n) is 6.01. The van der Waals surface area contributed by atoms with E-state index in [1.807, 2.05) is 0 Å². The molecule has 16 heavy (non-hydrogen) atoms. The molecular formula is C14H25NO. The van der Waals surface area contributed by atoms with E-state index in [2.05, 4.69) is 39.9 Å². The first-order valence-corrected chi connectivity index (χ1v) is 6.50. The van der Waals surface area contributed by atoms with Gasteiger partial charge in [-0.15, -0.1) is 0 Å². The van der Waals surface area contributed by atoms with Crippen molar-refractivity contribution in [3.8, 4) is 0 Å². The summed E-state index contributed by atoms with van der Waals surface area (Å²) < 4.78 is 0. The number of rotatable bonds is 1. The molecule has 1 N–H and O–H groups in total. The van der Waals surface area contributed by atoms with Gasteiger partial charge in [-0.05, 0) is 42.4 Å². The Morgan fingerprint density at radius 1 is 1.12 bits per heavy atom. The van der Waals surface area contributed by atoms with E-state index < -0.39 is 0 Å². The van der Waals surface area contributed by atoms with Gasteiger partial charge in [0.25, 0.3) is 0 Å². The molecule has 92 valence electrons. The maximum Gasteiger partial charge on any atom is 0.217 e. The normalized spacial score (nSPS) is 49.4. The molecule has 2 rings (SSSR count). The number of hydrogen-bond acceptors (Lipinski definition) is 1. The Morgan fingerprint density at radius 3 is 2.12 bits per heavy atom. The average molecular weight is 223 g/mol. The van der Waals surface area contributed by atoms with Crippen LogP contribution in [-0.2, 0) is 4.79 Å². The van der Waals surface area contributed by atoms with E-state index in [0.29, 0.717) is 23.2 Å². The topological polar surface area (TPSA) is 29.1 Å². The van der Waals surface area contributed by atoms with Crippen molar-refractivity contribution in [2.24, 2.45) is 29.1 Å². The lowest BCUT2D eigenvalue weighted by Gasteiger charge is -2.50. The third kappa shape index (κ3) is 1.28. The third-order valence-corrected chi connectivity index (χ3v) is 6.01. The molecule has 0 saturated heterocycles. The number of amides is 1. The van der Waals surface area contributed by atoms with Crippen LogP contribution < -0.4 is 5.32 Å². The van der Waals surface area contributed by atoms with Gasteiger partial charge in [-0.3, -0.25) is 4.79 Å². The zero-order valence-corrected chi connectivity index (χ0v) is 11.4. The highest BCUT2D eigenvalue weighted by atomic mass is 16.1. The molecule has 0 aliphatic heterocycles. The summed E-state index contributed by atoms with van der Waals surface area (Å²) in [6.45, 7) is 13.3. The van der Waals surface area contributed by atoms with E-state index in [-0.39, 0.29) is 11.4 Å². The minimum Gasteiger partial charge on any atom is -0.351 e. The molecular weight excluding hydrogens is 198 g/mol. The van der Waals surface area contributed by atoms with E-state index in [4.69, 9.17) is 0 Å². The quantitative estimate of drug-likeness (QED) is 0.727. The summed E-state index contributed by atoms with van der Waals surface area (Å²) in [5, 5.41) is 3.23. The molecule has 0 aromatic heterocycles. The van der Waals surface area contributed by atoms with Crippen molar-refractivity contribution in [3.05, 3.63) is 0 Å². The monoisotopic (exact) mass is 223 g/mol. The maximum absolute atomic E-state index is 11.4. The maximum atomic E-state index is 11.4. The summed E-state index contributed by atoms with van der Waals surface area (Å²) in [7, 11) is 0. The summed E-state index contributed by atoms with van der Waals surface area (Å²) in [4.78, 5) is 11.4. The molecule has 0 unspecified atom stereocenters. The van der Waals surface area contributed by atoms with Crippen LogP contribution in [0.1, 0.15) is 48.0 Å². The summed E-state index contributed by atoms with van der Waals surface area (Å²) in [6, 6.07) is 0. The average Bonchev–Trinajstić information content (AvgIpc) is 2.50. The zero-order chi connectivity index (χ0) is 12.3. The van der Waals surface area contributed by atoms with Crippen LogP contribution in [0.15, 0.2) is 0 Å². The first kappa shape index (κ1) is 11.9. The van der Waals surface area contributed by atoms with Crippen molar-refractivity contribution in [1.82, 2.24) is 5.32 Å². The molecule has 0 aromatic carbocycles. The van der Waals surface area contributed by atoms with Gasteiger partial charge in [-0.2, -0.15) is 0 Å². The molecule has 2 nitrogen and oxygen atoms in total. The van der Waals surface area contributed by atoms with Gasteiger partial charge in [-0.1, -0.05) is 27.7 Å². The smallest absolute Gasteiger partial charge is 0.217 e. The minimum atomic E-state index is 0.0193. The molecule has 2 aliphatic rings. The largest absolute Gasteiger partial charge is 0.351 e. The van der Waals surface area contributed by atoms with Crippen molar-refractivity contribution in [2.75, 3.05) is 0 Å². The lowest BCUT2D eigenvalue weighted by Crippen LogP contribution is -2.58. The number of carbonyl (C=O) groups excluding carboxylic acids is 1. The molecule has 2 saturated carbocycles. The number of carbonyl (C=O) groups is 1. The van der Waals surface area contributed by atoms with E-state index in [9.17, 15) is 4.79 Å². The van der Waals surface area contributed by atoms with Crippen LogP contribution in [0, 0.1) is 29.1 Å². The molecule has 0 radical (unpaired) electrons. The number of nitrogens with one attached hydrogen (secondary N) is 1. The van der Waals surface area contributed by atoms with Gasteiger partial charge in [0.15, 0.2) is 0 Å². The molecule has 5 atom stereocenters. The summed E-state index contributed by atoms with van der Waals surface area (Å²) >= 11 is 0. The molecule has 0 aromatic rings. The highest BCUT2D eigenvalue weighted by Gasteiger charge is 2.64. The first-order valence-electron chi connectivity index (χ1n) is 6.50. The van der Waals surface area contributed by atoms with Crippen molar-refractivity contribution in [1.29, 1.82) is 0 Å². The Bertz CT molecular complexity index is 323. The highest BCUT2D eigenvalue weighted by Crippen LogP contribution is 2.65. The molecule has 2 aliphatic carbocycles. The summed E-state index contributed by atoms with van der Waals surface area (Å²) in [5.41, 5.74) is 0.452. The molecule has 2 fully saturated rings. The van der Waals surface area contributed by atoms with Gasteiger partial charge in [0.05, 0.1) is 0 Å². The van der Waals surface area contributed by atoms with Crippen molar-refractivity contribution in [3.63, 3.8) is 0 Å². The fourth-order valence-corrected chi connectivity index (χ4v) is 4.59. The fourth-order valence-electron chi connectivity index (χ4n) is 4.59. The SMILES string of the molecule is CC(=O)N[C@]1(C)[C@@H](C)[C@@H]2C[C@H]1[C@H](C)C2(C)C. The van der Waals surface area contributed by atoms with E-state index in [0.717, 1.165) is 5.92 Å². The van der Waals surface area contributed by atoms with Gasteiger partial charge in [0.2, 0.25) is 5.91 Å². The second-order valence-electron chi connectivity index (χ2n) is 6.81. The minimum absolute atomic E-state index is 0.0193. The highest BCUT2D eigenvalue weighted by molar-refractivity contribution is 5.74. The molecule has 0 spiro atoms. The standard InChI is InChI=1S/C14H25NO/c1-8-12-7-11(13(8,4)5)9(2)14(12,6)15-10(3)16/h8-9,11-12H,7H2,1-6H3,(H,15,16)/t8-,9-,11-,12-,14+/m0/s1. The van der Waals surface area contributed by atoms with Gasteiger partial charge in [-0.25, -0.2) is 0 Å². The van der Waals surface area contributed by atoms with Gasteiger partial charge < -0.3 is 5.32 Å². The van der Waals surface area contributed by atoms with Crippen molar-refractivity contribution in [2.45, 2.75) is 53.5 Å². The van der Waals surface area contributed by atoms with Crippen LogP contribution in [0.25, 0.3) is 0 Å². The second-order valence-corrected chi connectivity index (χ2v) is 6.81. The Hall–Kier alpha value is -0.530. The molecule has 0 heterocycles. The lowest BCUT2D eigenvalue weighted by molar-refractivity contribution is -0.123. The fraction of sp³-hybridized carbons (Fsp3) is 0.929. The first-order chi connectivity index (χ1) is 7.21. The predicted molar refractivity (Wildman–Crippen MR) is 65.9 cm³/mol. The van der Waals surface area contributed by atoms with E-state index in [1.165, 1.54) is 6.42 Å². The Morgan fingerprint density at radius 2 is 1.69 bits per heavy atom. The van der Waals surface area contributed by atoms with Crippen molar-refractivity contribution >= 4 is 5.91 Å². The Kier molecular flexibility index (Phi) is 2.42. The van der Waals surface area contributed by atoms with Crippen LogP contribution >= 0.6 is 0 Å². The second kappa shape index (κ2) is 3.24. The number of hydrogen-bond donors (Lipinski definition) is 1. The zero-order valence-electron chi connectivity index (χ0n) is 11.4. The number of fused-ring (bicyclic) bond motifs is 2. The summed E-state index contributed by atoms with van der Waals surface area (Å²) in [6.07, 6.45) is 1.28. The van der Waals surface area contributed by atoms with Crippen molar-refractivity contribution < 1.29 is 4.79 Å². The van der Waals surface area contributed by atoms with Crippen LogP contribution in [-0.4, -0.2) is 11.4 Å². The molecule has 2 bridgehead atoms. The molecule has 1 amide bonds. The summed E-state index contributed by atoms with van der Waals surface area (Å²) in [5.74, 6) is 2.81.